The summed E-state index contributed by atoms with van der Waals surface area (Å²) in [6.45, 7) is 1.82. The van der Waals surface area contributed by atoms with Crippen LogP contribution in [0.1, 0.15) is 5.56 Å². The molecule has 0 amide bonds. The van der Waals surface area contributed by atoms with Crippen molar-refractivity contribution < 1.29 is 0 Å². The third-order valence-corrected chi connectivity index (χ3v) is 2.52. The number of nitrogens with zero attached hydrogens (tertiary/aromatic N) is 2. The van der Waals surface area contributed by atoms with Crippen molar-refractivity contribution in [3.63, 3.8) is 0 Å². The summed E-state index contributed by atoms with van der Waals surface area (Å²) in [5.41, 5.74) is 2.06. The van der Waals surface area contributed by atoms with Crippen molar-refractivity contribution in [2.75, 3.05) is 0 Å². The van der Waals surface area contributed by atoms with E-state index in [1.165, 1.54) is 0 Å². The summed E-state index contributed by atoms with van der Waals surface area (Å²) >= 11 is 11.8. The molecule has 0 aliphatic rings. The molecule has 3 nitrogen and oxygen atoms in total. The van der Waals surface area contributed by atoms with Crippen LogP contribution >= 0.6 is 23.2 Å². The molecule has 2 heterocycles. The van der Waals surface area contributed by atoms with Gasteiger partial charge in [0.1, 0.15) is 10.7 Å². The van der Waals surface area contributed by atoms with Gasteiger partial charge in [-0.2, -0.15) is 0 Å². The summed E-state index contributed by atoms with van der Waals surface area (Å²) in [6, 6.07) is 0. The van der Waals surface area contributed by atoms with Crippen LogP contribution in [0.5, 0.6) is 0 Å². The molecule has 0 radical (unpaired) electrons. The van der Waals surface area contributed by atoms with Crippen LogP contribution in [0.25, 0.3) is 11.2 Å². The lowest BCUT2D eigenvalue weighted by Crippen LogP contribution is -1.85. The van der Waals surface area contributed by atoms with Crippen LogP contribution in [0.2, 0.25) is 10.2 Å². The molecule has 5 heteroatoms. The minimum absolute atomic E-state index is 0.402. The number of pyridine rings is 1. The molecular formula is C7H5Cl2N3. The molecule has 0 saturated heterocycles. The van der Waals surface area contributed by atoms with E-state index >= 15 is 0 Å². The summed E-state index contributed by atoms with van der Waals surface area (Å²) in [5.74, 6) is 0. The highest BCUT2D eigenvalue weighted by molar-refractivity contribution is 6.38. The highest BCUT2D eigenvalue weighted by Crippen LogP contribution is 2.27. The zero-order chi connectivity index (χ0) is 8.72. The zero-order valence-electron chi connectivity index (χ0n) is 6.23. The smallest absolute Gasteiger partial charge is 0.180 e. The molecule has 0 bridgehead atoms. The van der Waals surface area contributed by atoms with E-state index in [0.29, 0.717) is 15.8 Å². The Kier molecular flexibility index (Phi) is 1.70. The molecule has 0 fully saturated rings. The molecule has 62 valence electrons. The average molecular weight is 202 g/mol. The van der Waals surface area contributed by atoms with E-state index in [9.17, 15) is 0 Å². The molecule has 0 atom stereocenters. The highest BCUT2D eigenvalue weighted by atomic mass is 35.5. The van der Waals surface area contributed by atoms with E-state index in [1.807, 2.05) is 6.92 Å². The first-order chi connectivity index (χ1) is 5.70. The Bertz CT molecular complexity index is 435. The van der Waals surface area contributed by atoms with E-state index < -0.39 is 0 Å². The fraction of sp³-hybridized carbons (Fsp3) is 0.143. The lowest BCUT2D eigenvalue weighted by Gasteiger charge is -1.99. The molecule has 2 aromatic heterocycles. The van der Waals surface area contributed by atoms with Gasteiger partial charge in [0.2, 0.25) is 0 Å². The molecule has 2 rings (SSSR count). The van der Waals surface area contributed by atoms with Crippen LogP contribution in [0.3, 0.4) is 0 Å². The van der Waals surface area contributed by atoms with Crippen molar-refractivity contribution >= 4 is 34.4 Å². The van der Waals surface area contributed by atoms with Gasteiger partial charge in [0.25, 0.3) is 0 Å². The van der Waals surface area contributed by atoms with Crippen molar-refractivity contribution in [1.82, 2.24) is 15.0 Å². The van der Waals surface area contributed by atoms with Crippen molar-refractivity contribution in [2.24, 2.45) is 0 Å². The quantitative estimate of drug-likeness (QED) is 0.667. The second-order valence-corrected chi connectivity index (χ2v) is 3.18. The van der Waals surface area contributed by atoms with Gasteiger partial charge < -0.3 is 4.98 Å². The van der Waals surface area contributed by atoms with Gasteiger partial charge in [0.15, 0.2) is 5.65 Å². The third-order valence-electron chi connectivity index (χ3n) is 1.68. The molecule has 0 aliphatic heterocycles. The van der Waals surface area contributed by atoms with Gasteiger partial charge in [0.05, 0.1) is 11.3 Å². The number of imidazole rings is 1. The Morgan fingerprint density at radius 3 is 2.92 bits per heavy atom. The highest BCUT2D eigenvalue weighted by Gasteiger charge is 2.09. The molecule has 0 spiro atoms. The Morgan fingerprint density at radius 2 is 2.17 bits per heavy atom. The first-order valence-corrected chi connectivity index (χ1v) is 4.10. The molecule has 0 aromatic carbocycles. The average Bonchev–Trinajstić information content (AvgIpc) is 2.48. The molecule has 0 unspecified atom stereocenters. The van der Waals surface area contributed by atoms with Crippen molar-refractivity contribution in [3.8, 4) is 0 Å². The van der Waals surface area contributed by atoms with E-state index in [2.05, 4.69) is 15.0 Å². The first kappa shape index (κ1) is 7.83. The Balaban J connectivity index is 2.94. The SMILES string of the molecule is Cc1c(Cl)nc2nc[nH]c2c1Cl. The number of hydrogen-bond donors (Lipinski definition) is 1. The van der Waals surface area contributed by atoms with Gasteiger partial charge in [-0.15, -0.1) is 0 Å². The molecule has 2 aromatic rings. The number of H-pyrrole nitrogens is 1. The zero-order valence-corrected chi connectivity index (χ0v) is 7.74. The van der Waals surface area contributed by atoms with Gasteiger partial charge in [-0.3, -0.25) is 0 Å². The summed E-state index contributed by atoms with van der Waals surface area (Å²) < 4.78 is 0. The molecule has 1 N–H and O–H groups in total. The number of halogens is 2. The van der Waals surface area contributed by atoms with Crippen LogP contribution in [0, 0.1) is 6.92 Å². The number of fused-ring (bicyclic) bond motifs is 1. The van der Waals surface area contributed by atoms with E-state index in [1.54, 1.807) is 6.33 Å². The Hall–Kier alpha value is -0.800. The standard InChI is InChI=1S/C7H5Cl2N3/c1-3-4(8)5-7(11-2-10-5)12-6(3)9/h2H,1H3,(H,10,11,12). The molecule has 0 aliphatic carbocycles. The third kappa shape index (κ3) is 0.974. The largest absolute Gasteiger partial charge is 0.342 e. The van der Waals surface area contributed by atoms with Gasteiger partial charge >= 0.3 is 0 Å². The van der Waals surface area contributed by atoms with Gasteiger partial charge in [0, 0.05) is 5.56 Å². The Morgan fingerprint density at radius 1 is 1.42 bits per heavy atom. The Labute approximate surface area is 78.7 Å². The molecule has 12 heavy (non-hydrogen) atoms. The maximum atomic E-state index is 5.98. The summed E-state index contributed by atoms with van der Waals surface area (Å²) in [6.07, 6.45) is 1.54. The second kappa shape index (κ2) is 2.61. The maximum Gasteiger partial charge on any atom is 0.180 e. The first-order valence-electron chi connectivity index (χ1n) is 3.35. The van der Waals surface area contributed by atoms with Crippen molar-refractivity contribution in [3.05, 3.63) is 22.1 Å². The van der Waals surface area contributed by atoms with Gasteiger partial charge in [-0.1, -0.05) is 23.2 Å². The van der Waals surface area contributed by atoms with Crippen LogP contribution in [-0.2, 0) is 0 Å². The fourth-order valence-electron chi connectivity index (χ4n) is 0.988. The number of aromatic amines is 1. The van der Waals surface area contributed by atoms with Crippen LogP contribution in [-0.4, -0.2) is 15.0 Å². The lowest BCUT2D eigenvalue weighted by molar-refractivity contribution is 1.28. The fourth-order valence-corrected chi connectivity index (χ4v) is 1.44. The number of aromatic nitrogens is 3. The predicted molar refractivity (Wildman–Crippen MR) is 48.6 cm³/mol. The normalized spacial score (nSPS) is 10.9. The lowest BCUT2D eigenvalue weighted by atomic mass is 10.3. The van der Waals surface area contributed by atoms with E-state index in [-0.39, 0.29) is 0 Å². The van der Waals surface area contributed by atoms with Crippen molar-refractivity contribution in [1.29, 1.82) is 0 Å². The molecular weight excluding hydrogens is 197 g/mol. The number of nitrogens with one attached hydrogen (secondary N) is 1. The second-order valence-electron chi connectivity index (χ2n) is 2.44. The summed E-state index contributed by atoms with van der Waals surface area (Å²) in [7, 11) is 0. The van der Waals surface area contributed by atoms with Crippen LogP contribution in [0.4, 0.5) is 0 Å². The van der Waals surface area contributed by atoms with E-state index in [4.69, 9.17) is 23.2 Å². The number of rotatable bonds is 0. The van der Waals surface area contributed by atoms with Crippen LogP contribution in [0.15, 0.2) is 6.33 Å². The topological polar surface area (TPSA) is 41.6 Å². The summed E-state index contributed by atoms with van der Waals surface area (Å²) in [5, 5.41) is 0.988. The monoisotopic (exact) mass is 201 g/mol. The number of hydrogen-bond acceptors (Lipinski definition) is 2. The van der Waals surface area contributed by atoms with E-state index in [0.717, 1.165) is 11.1 Å². The minimum atomic E-state index is 0.402. The van der Waals surface area contributed by atoms with Crippen LogP contribution < -0.4 is 0 Å². The predicted octanol–water partition coefficient (Wildman–Crippen LogP) is 2.57. The van der Waals surface area contributed by atoms with Crippen molar-refractivity contribution in [2.45, 2.75) is 6.92 Å². The minimum Gasteiger partial charge on any atom is -0.342 e. The molecule has 0 saturated carbocycles. The summed E-state index contributed by atoms with van der Waals surface area (Å²) in [4.78, 5) is 10.9. The maximum absolute atomic E-state index is 5.98. The van der Waals surface area contributed by atoms with Gasteiger partial charge in [-0.25, -0.2) is 9.97 Å². The van der Waals surface area contributed by atoms with Gasteiger partial charge in [-0.05, 0) is 6.92 Å².